The van der Waals surface area contributed by atoms with Gasteiger partial charge in [-0.25, -0.2) is 9.37 Å². The first-order valence-electron chi connectivity index (χ1n) is 4.76. The molecule has 1 aromatic rings. The molecule has 5 heteroatoms. The lowest BCUT2D eigenvalue weighted by Crippen LogP contribution is -2.27. The summed E-state index contributed by atoms with van der Waals surface area (Å²) in [6.45, 7) is 0.621. The Balaban J connectivity index is 2.03. The lowest BCUT2D eigenvalue weighted by Gasteiger charge is -2.04. The Morgan fingerprint density at radius 1 is 1.67 bits per heavy atom. The van der Waals surface area contributed by atoms with Crippen LogP contribution in [0.1, 0.15) is 23.3 Å². The molecule has 0 aliphatic heterocycles. The molecule has 1 aliphatic carbocycles. The Bertz CT molecular complexity index is 393. The summed E-state index contributed by atoms with van der Waals surface area (Å²) in [4.78, 5) is 15.2. The third-order valence-corrected chi connectivity index (χ3v) is 2.70. The van der Waals surface area contributed by atoms with Crippen LogP contribution in [0, 0.1) is 11.7 Å². The fourth-order valence-electron chi connectivity index (χ4n) is 1.22. The van der Waals surface area contributed by atoms with E-state index >= 15 is 0 Å². The number of pyridine rings is 1. The molecule has 1 N–H and O–H groups in total. The van der Waals surface area contributed by atoms with Crippen LogP contribution in [0.4, 0.5) is 4.39 Å². The molecular weight excluding hydrogens is 263 g/mol. The van der Waals surface area contributed by atoms with Crippen molar-refractivity contribution in [3.8, 4) is 0 Å². The number of amides is 1. The van der Waals surface area contributed by atoms with Gasteiger partial charge < -0.3 is 5.32 Å². The van der Waals surface area contributed by atoms with E-state index in [1.807, 2.05) is 0 Å². The van der Waals surface area contributed by atoms with Gasteiger partial charge in [0, 0.05) is 17.2 Å². The summed E-state index contributed by atoms with van der Waals surface area (Å²) >= 11 is 3.08. The van der Waals surface area contributed by atoms with E-state index in [4.69, 9.17) is 0 Å². The summed E-state index contributed by atoms with van der Waals surface area (Å²) in [6, 6.07) is 1.24. The van der Waals surface area contributed by atoms with Gasteiger partial charge in [0.1, 0.15) is 0 Å². The Kier molecular flexibility index (Phi) is 3.00. The summed E-state index contributed by atoms with van der Waals surface area (Å²) in [5.74, 6) is -0.461. The maximum Gasteiger partial charge on any atom is 0.272 e. The predicted octanol–water partition coefficient (Wildman–Crippen LogP) is 2.12. The van der Waals surface area contributed by atoms with Crippen molar-refractivity contribution in [3.63, 3.8) is 0 Å². The van der Waals surface area contributed by atoms with E-state index in [0.29, 0.717) is 16.9 Å². The first-order valence-corrected chi connectivity index (χ1v) is 5.55. The van der Waals surface area contributed by atoms with Crippen LogP contribution in [0.25, 0.3) is 0 Å². The van der Waals surface area contributed by atoms with E-state index in [9.17, 15) is 9.18 Å². The van der Waals surface area contributed by atoms with Crippen molar-refractivity contribution in [2.45, 2.75) is 12.8 Å². The van der Waals surface area contributed by atoms with Gasteiger partial charge in [-0.05, 0) is 40.8 Å². The van der Waals surface area contributed by atoms with Crippen molar-refractivity contribution in [1.29, 1.82) is 0 Å². The minimum Gasteiger partial charge on any atom is -0.350 e. The molecule has 0 radical (unpaired) electrons. The van der Waals surface area contributed by atoms with Crippen molar-refractivity contribution in [3.05, 3.63) is 28.2 Å². The second-order valence-corrected chi connectivity index (χ2v) is 4.55. The summed E-state index contributed by atoms with van der Waals surface area (Å²) in [5.41, 5.74) is -0.140. The number of nitrogens with zero attached hydrogens (tertiary/aromatic N) is 1. The zero-order valence-corrected chi connectivity index (χ0v) is 9.55. The number of hydrogen-bond donors (Lipinski definition) is 1. The van der Waals surface area contributed by atoms with Crippen molar-refractivity contribution < 1.29 is 9.18 Å². The fourth-order valence-corrected chi connectivity index (χ4v) is 1.53. The second kappa shape index (κ2) is 4.26. The summed E-state index contributed by atoms with van der Waals surface area (Å²) < 4.78 is 13.8. The molecule has 1 fully saturated rings. The molecule has 0 saturated heterocycles. The highest BCUT2D eigenvalue weighted by molar-refractivity contribution is 9.10. The molecule has 3 nitrogen and oxygen atoms in total. The Hall–Kier alpha value is -0.970. The van der Waals surface area contributed by atoms with Gasteiger partial charge in [0.25, 0.3) is 5.91 Å². The molecule has 1 heterocycles. The number of hydrogen-bond acceptors (Lipinski definition) is 2. The van der Waals surface area contributed by atoms with Crippen molar-refractivity contribution >= 4 is 21.8 Å². The zero-order valence-electron chi connectivity index (χ0n) is 7.96. The summed E-state index contributed by atoms with van der Waals surface area (Å²) in [7, 11) is 0. The second-order valence-electron chi connectivity index (χ2n) is 3.64. The number of rotatable bonds is 3. The molecule has 0 bridgehead atoms. The predicted molar refractivity (Wildman–Crippen MR) is 57.0 cm³/mol. The number of nitrogens with one attached hydrogen (secondary N) is 1. The average Bonchev–Trinajstić information content (AvgIpc) is 2.97. The monoisotopic (exact) mass is 272 g/mol. The van der Waals surface area contributed by atoms with Crippen LogP contribution in [-0.2, 0) is 0 Å². The number of carbonyl (C=O) groups excluding carboxylic acids is 1. The van der Waals surface area contributed by atoms with E-state index in [0.717, 1.165) is 12.8 Å². The molecule has 80 valence electrons. The van der Waals surface area contributed by atoms with Gasteiger partial charge in [0.05, 0.1) is 0 Å². The number of aromatic nitrogens is 1. The fraction of sp³-hybridized carbons (Fsp3) is 0.400. The quantitative estimate of drug-likeness (QED) is 0.916. The maximum atomic E-state index is 13.3. The van der Waals surface area contributed by atoms with E-state index in [-0.39, 0.29) is 5.69 Å². The molecule has 2 rings (SSSR count). The highest BCUT2D eigenvalue weighted by atomic mass is 79.9. The normalized spacial score (nSPS) is 15.1. The molecule has 1 saturated carbocycles. The zero-order chi connectivity index (χ0) is 10.8. The standard InChI is InChI=1S/C10H10BrFN2O/c11-7-3-8(12)9(13-5-7)10(15)14-4-6-1-2-6/h3,5-6H,1-2,4H2,(H,14,15). The molecular formula is C10H10BrFN2O. The van der Waals surface area contributed by atoms with Gasteiger partial charge in [0.15, 0.2) is 11.5 Å². The van der Waals surface area contributed by atoms with E-state index < -0.39 is 11.7 Å². The Morgan fingerprint density at radius 2 is 2.40 bits per heavy atom. The van der Waals surface area contributed by atoms with E-state index in [1.165, 1.54) is 12.3 Å². The van der Waals surface area contributed by atoms with Gasteiger partial charge in [-0.2, -0.15) is 0 Å². The Morgan fingerprint density at radius 3 is 3.00 bits per heavy atom. The van der Waals surface area contributed by atoms with Crippen molar-refractivity contribution in [2.24, 2.45) is 5.92 Å². The smallest absolute Gasteiger partial charge is 0.272 e. The highest BCUT2D eigenvalue weighted by Crippen LogP contribution is 2.27. The maximum absolute atomic E-state index is 13.3. The van der Waals surface area contributed by atoms with Crippen molar-refractivity contribution in [1.82, 2.24) is 10.3 Å². The SMILES string of the molecule is O=C(NCC1CC1)c1ncc(Br)cc1F. The minimum absolute atomic E-state index is 0.140. The lowest BCUT2D eigenvalue weighted by molar-refractivity contribution is 0.0942. The molecule has 0 atom stereocenters. The number of carbonyl (C=O) groups is 1. The molecule has 15 heavy (non-hydrogen) atoms. The van der Waals surface area contributed by atoms with Crippen LogP contribution in [0.2, 0.25) is 0 Å². The van der Waals surface area contributed by atoms with Crippen LogP contribution in [0.5, 0.6) is 0 Å². The minimum atomic E-state index is -0.599. The van der Waals surface area contributed by atoms with Crippen molar-refractivity contribution in [2.75, 3.05) is 6.54 Å². The first-order chi connectivity index (χ1) is 7.16. The van der Waals surface area contributed by atoms with Gasteiger partial charge in [-0.15, -0.1) is 0 Å². The molecule has 0 aromatic carbocycles. The van der Waals surface area contributed by atoms with Gasteiger partial charge in [-0.1, -0.05) is 0 Å². The van der Waals surface area contributed by atoms with Crippen LogP contribution in [0.15, 0.2) is 16.7 Å². The molecule has 0 spiro atoms. The van der Waals surface area contributed by atoms with Crippen LogP contribution < -0.4 is 5.32 Å². The number of halogens is 2. The first kappa shape index (κ1) is 10.5. The van der Waals surface area contributed by atoms with Crippen LogP contribution in [0.3, 0.4) is 0 Å². The van der Waals surface area contributed by atoms with Crippen LogP contribution >= 0.6 is 15.9 Å². The highest BCUT2D eigenvalue weighted by Gasteiger charge is 2.23. The van der Waals surface area contributed by atoms with Crippen LogP contribution in [-0.4, -0.2) is 17.4 Å². The van der Waals surface area contributed by atoms with Gasteiger partial charge in [0.2, 0.25) is 0 Å². The molecule has 0 unspecified atom stereocenters. The lowest BCUT2D eigenvalue weighted by atomic mass is 10.3. The van der Waals surface area contributed by atoms with E-state index in [1.54, 1.807) is 0 Å². The topological polar surface area (TPSA) is 42.0 Å². The molecule has 1 amide bonds. The van der Waals surface area contributed by atoms with Gasteiger partial charge in [-0.3, -0.25) is 4.79 Å². The molecule has 1 aromatic heterocycles. The third kappa shape index (κ3) is 2.75. The Labute approximate surface area is 95.2 Å². The average molecular weight is 273 g/mol. The van der Waals surface area contributed by atoms with E-state index in [2.05, 4.69) is 26.2 Å². The molecule has 1 aliphatic rings. The summed E-state index contributed by atoms with van der Waals surface area (Å²) in [5, 5.41) is 2.66. The summed E-state index contributed by atoms with van der Waals surface area (Å²) in [6.07, 6.45) is 3.71. The van der Waals surface area contributed by atoms with Gasteiger partial charge >= 0.3 is 0 Å². The largest absolute Gasteiger partial charge is 0.350 e. The third-order valence-electron chi connectivity index (χ3n) is 2.27.